The average molecular weight is 913 g/mol. The summed E-state index contributed by atoms with van der Waals surface area (Å²) >= 11 is 0. The predicted octanol–water partition coefficient (Wildman–Crippen LogP) is 0.144. The maximum atomic E-state index is 12.1. The summed E-state index contributed by atoms with van der Waals surface area (Å²) in [5.74, 6) is 0.00355. The zero-order chi connectivity index (χ0) is 46.7. The van der Waals surface area contributed by atoms with Gasteiger partial charge in [0.1, 0.15) is 61.0 Å². The quantitative estimate of drug-likeness (QED) is 0.137. The number of ether oxygens (including phenoxy) is 6. The fourth-order valence-corrected chi connectivity index (χ4v) is 14.2. The van der Waals surface area contributed by atoms with Crippen LogP contribution in [0, 0.1) is 44.3 Å². The molecule has 64 heavy (non-hydrogen) atoms. The molecule has 366 valence electrons. The van der Waals surface area contributed by atoms with Crippen molar-refractivity contribution >= 4 is 0 Å². The standard InChI is InChI=1S/C47H76O17/c1-22-31(53)38(64-40-35(57)33(55)37(26(18-48)61-40)63-39-34(56)32(54)25(51)19-59-39)36(58)41(60-22)62-30-11-12-43(4)27(44(30,5)20-49)10-13-45(6)28(43)9-8-23-24-16-42(2,3)14-15-47(24,21-50)29(52)17-46(23,45)7/h8-9,22,24-27,29-41,48-58H,10-21H2,1-7H3/t22-,24+,25-,26-,27-,29+,30+,31+,32+,33-,34-,35-,36-,37-,38+,39+,40+,41+,43+,44+,45-,46-,47-/m1/s1. The van der Waals surface area contributed by atoms with E-state index < -0.39 is 122 Å². The van der Waals surface area contributed by atoms with E-state index in [0.29, 0.717) is 19.3 Å². The summed E-state index contributed by atoms with van der Waals surface area (Å²) in [5, 5.41) is 120. The van der Waals surface area contributed by atoms with Crippen molar-refractivity contribution in [3.8, 4) is 0 Å². The summed E-state index contributed by atoms with van der Waals surface area (Å²) in [5.41, 5.74) is 0.339. The number of fused-ring (bicyclic) bond motifs is 7. The lowest BCUT2D eigenvalue weighted by molar-refractivity contribution is -0.378. The van der Waals surface area contributed by atoms with Gasteiger partial charge in [-0.3, -0.25) is 0 Å². The molecule has 0 spiro atoms. The van der Waals surface area contributed by atoms with Gasteiger partial charge in [0, 0.05) is 16.2 Å². The van der Waals surface area contributed by atoms with Crippen LogP contribution in [0.2, 0.25) is 0 Å². The highest BCUT2D eigenvalue weighted by Gasteiger charge is 2.69. The highest BCUT2D eigenvalue weighted by Crippen LogP contribution is 2.74. The predicted molar refractivity (Wildman–Crippen MR) is 225 cm³/mol. The van der Waals surface area contributed by atoms with Crippen molar-refractivity contribution in [2.24, 2.45) is 44.3 Å². The molecule has 0 amide bonds. The molecule has 8 rings (SSSR count). The Labute approximate surface area is 376 Å². The number of allylic oxidation sites excluding steroid dienone is 4. The molecule has 23 atom stereocenters. The number of aliphatic hydroxyl groups excluding tert-OH is 11. The summed E-state index contributed by atoms with van der Waals surface area (Å²) < 4.78 is 35.5. The van der Waals surface area contributed by atoms with Crippen LogP contribution >= 0.6 is 0 Å². The molecule has 4 saturated carbocycles. The fourth-order valence-electron chi connectivity index (χ4n) is 14.2. The normalized spacial score (nSPS) is 55.0. The van der Waals surface area contributed by atoms with Crippen LogP contribution in [0.15, 0.2) is 23.3 Å². The zero-order valence-electron chi connectivity index (χ0n) is 38.4. The van der Waals surface area contributed by atoms with Crippen molar-refractivity contribution in [1.82, 2.24) is 0 Å². The Bertz CT molecular complexity index is 1760. The first kappa shape index (κ1) is 49.2. The van der Waals surface area contributed by atoms with E-state index >= 15 is 0 Å². The first-order valence-corrected chi connectivity index (χ1v) is 23.6. The van der Waals surface area contributed by atoms with Crippen LogP contribution in [0.5, 0.6) is 0 Å². The van der Waals surface area contributed by atoms with Crippen LogP contribution in [-0.2, 0) is 28.4 Å². The van der Waals surface area contributed by atoms with Gasteiger partial charge in [-0.2, -0.15) is 0 Å². The second kappa shape index (κ2) is 17.3. The number of hydrogen-bond donors (Lipinski definition) is 11. The Morgan fingerprint density at radius 1 is 0.641 bits per heavy atom. The molecule has 0 unspecified atom stereocenters. The van der Waals surface area contributed by atoms with E-state index in [-0.39, 0.29) is 46.7 Å². The van der Waals surface area contributed by atoms with Gasteiger partial charge in [-0.1, -0.05) is 64.8 Å². The van der Waals surface area contributed by atoms with E-state index in [2.05, 4.69) is 46.8 Å². The van der Waals surface area contributed by atoms with Gasteiger partial charge in [-0.05, 0) is 86.4 Å². The van der Waals surface area contributed by atoms with E-state index in [0.717, 1.165) is 32.1 Å². The molecule has 0 aromatic rings. The van der Waals surface area contributed by atoms with Gasteiger partial charge in [0.25, 0.3) is 0 Å². The average Bonchev–Trinajstić information content (AvgIpc) is 3.24. The first-order valence-electron chi connectivity index (χ1n) is 23.6. The Hall–Kier alpha value is -1.20. The summed E-state index contributed by atoms with van der Waals surface area (Å²) in [6.07, 6.45) is -12.1. The molecule has 5 aliphatic carbocycles. The third kappa shape index (κ3) is 7.45. The molecular weight excluding hydrogens is 837 g/mol. The Morgan fingerprint density at radius 3 is 1.98 bits per heavy atom. The number of aliphatic hydroxyl groups is 11. The third-order valence-corrected chi connectivity index (χ3v) is 18.6. The molecule has 7 fully saturated rings. The van der Waals surface area contributed by atoms with Gasteiger partial charge in [-0.15, -0.1) is 0 Å². The lowest BCUT2D eigenvalue weighted by Crippen LogP contribution is -2.66. The van der Waals surface area contributed by atoms with Gasteiger partial charge in [0.2, 0.25) is 0 Å². The fraction of sp³-hybridized carbons (Fsp3) is 0.915. The van der Waals surface area contributed by atoms with Crippen LogP contribution in [0.4, 0.5) is 0 Å². The molecule has 17 nitrogen and oxygen atoms in total. The SMILES string of the molecule is C[C@H]1O[C@@H](O[C@H]2CC[C@]3(C)C4=CC=C5[C@@H]6CC(C)(C)CC[C@]6(CO)[C@@H](O)C[C@@]5(C)[C@]4(C)CC[C@H]3[C@]2(C)CO)[C@H](O)[C@@H](O[C@@H]2O[C@H](CO)[C@@H](O[C@@H]3OC[C@@H](O)[C@H](O)[C@H]3O)[C@H](O)[C@H]2O)[C@H]1O. The van der Waals surface area contributed by atoms with Crippen LogP contribution in [-0.4, -0.2) is 181 Å². The van der Waals surface area contributed by atoms with E-state index in [1.54, 1.807) is 6.92 Å². The Kier molecular flexibility index (Phi) is 13.3. The minimum Gasteiger partial charge on any atom is -0.396 e. The lowest BCUT2D eigenvalue weighted by Gasteiger charge is -2.69. The van der Waals surface area contributed by atoms with Crippen LogP contribution in [0.1, 0.15) is 99.8 Å². The van der Waals surface area contributed by atoms with Crippen molar-refractivity contribution in [1.29, 1.82) is 0 Å². The molecule has 3 heterocycles. The van der Waals surface area contributed by atoms with E-state index in [1.807, 2.05) is 6.92 Å². The monoisotopic (exact) mass is 913 g/mol. The maximum Gasteiger partial charge on any atom is 0.187 e. The van der Waals surface area contributed by atoms with Crippen LogP contribution in [0.3, 0.4) is 0 Å². The van der Waals surface area contributed by atoms with Gasteiger partial charge in [-0.25, -0.2) is 0 Å². The third-order valence-electron chi connectivity index (χ3n) is 18.6. The zero-order valence-corrected chi connectivity index (χ0v) is 38.4. The molecule has 3 aliphatic heterocycles. The smallest absolute Gasteiger partial charge is 0.187 e. The first-order chi connectivity index (χ1) is 30.0. The molecular formula is C47H76O17. The molecule has 0 radical (unpaired) electrons. The molecule has 0 aromatic carbocycles. The van der Waals surface area contributed by atoms with Crippen molar-refractivity contribution in [3.05, 3.63) is 23.3 Å². The molecule has 3 saturated heterocycles. The molecule has 8 aliphatic rings. The van der Waals surface area contributed by atoms with E-state index in [1.165, 1.54) is 11.1 Å². The van der Waals surface area contributed by atoms with Crippen molar-refractivity contribution in [3.63, 3.8) is 0 Å². The summed E-state index contributed by atoms with van der Waals surface area (Å²) in [4.78, 5) is 0. The van der Waals surface area contributed by atoms with E-state index in [4.69, 9.17) is 28.4 Å². The van der Waals surface area contributed by atoms with Gasteiger partial charge in [0.05, 0.1) is 44.7 Å². The number of rotatable bonds is 9. The second-order valence-corrected chi connectivity index (χ2v) is 22.6. The Balaban J connectivity index is 0.998. The summed E-state index contributed by atoms with van der Waals surface area (Å²) in [7, 11) is 0. The largest absolute Gasteiger partial charge is 0.396 e. The van der Waals surface area contributed by atoms with E-state index in [9.17, 15) is 56.2 Å². The van der Waals surface area contributed by atoms with Gasteiger partial charge in [0.15, 0.2) is 18.9 Å². The minimum absolute atomic E-state index is 0.0430. The van der Waals surface area contributed by atoms with Gasteiger partial charge >= 0.3 is 0 Å². The van der Waals surface area contributed by atoms with Crippen LogP contribution in [0.25, 0.3) is 0 Å². The van der Waals surface area contributed by atoms with Crippen molar-refractivity contribution < 1.29 is 84.6 Å². The van der Waals surface area contributed by atoms with Crippen molar-refractivity contribution in [2.75, 3.05) is 26.4 Å². The number of hydrogen-bond acceptors (Lipinski definition) is 17. The molecule has 0 bridgehead atoms. The minimum atomic E-state index is -1.86. The lowest BCUT2D eigenvalue weighted by atomic mass is 9.35. The highest BCUT2D eigenvalue weighted by molar-refractivity contribution is 5.46. The maximum absolute atomic E-state index is 12.1. The topological polar surface area (TPSA) is 278 Å². The molecule has 17 heteroatoms. The summed E-state index contributed by atoms with van der Waals surface area (Å²) in [6, 6.07) is 0. The molecule has 0 aromatic heterocycles. The Morgan fingerprint density at radius 2 is 1.31 bits per heavy atom. The van der Waals surface area contributed by atoms with Crippen molar-refractivity contribution in [2.45, 2.75) is 198 Å². The second-order valence-electron chi connectivity index (χ2n) is 22.6. The highest BCUT2D eigenvalue weighted by atomic mass is 16.8. The molecule has 11 N–H and O–H groups in total. The summed E-state index contributed by atoms with van der Waals surface area (Å²) in [6.45, 7) is 13.7. The van der Waals surface area contributed by atoms with Gasteiger partial charge < -0.3 is 84.6 Å². The van der Waals surface area contributed by atoms with Crippen LogP contribution < -0.4 is 0 Å².